The molecule has 1 aromatic heterocycles. The van der Waals surface area contributed by atoms with Crippen LogP contribution >= 0.6 is 0 Å². The summed E-state index contributed by atoms with van der Waals surface area (Å²) in [7, 11) is 0. The minimum atomic E-state index is -0.243. The smallest absolute Gasteiger partial charge is 0.254 e. The lowest BCUT2D eigenvalue weighted by Crippen LogP contribution is -2.40. The maximum absolute atomic E-state index is 13.2. The second-order valence-electron chi connectivity index (χ2n) is 9.89. The first-order chi connectivity index (χ1) is 16.7. The van der Waals surface area contributed by atoms with Gasteiger partial charge in [0, 0.05) is 29.2 Å². The summed E-state index contributed by atoms with van der Waals surface area (Å²) in [6, 6.07) is 17.8. The molecule has 6 atom stereocenters. The Morgan fingerprint density at radius 1 is 0.971 bits per heavy atom. The monoisotopic (exact) mass is 446 g/mol. The van der Waals surface area contributed by atoms with Gasteiger partial charge in [-0.1, -0.05) is 48.6 Å². The molecular weight excluding hydrogens is 424 g/mol. The molecule has 2 amide bonds. The van der Waals surface area contributed by atoms with Crippen molar-refractivity contribution in [1.82, 2.24) is 9.58 Å². The summed E-state index contributed by atoms with van der Waals surface area (Å²) in [4.78, 5) is 26.5. The van der Waals surface area contributed by atoms with Gasteiger partial charge in [0.1, 0.15) is 0 Å². The van der Waals surface area contributed by atoms with Crippen molar-refractivity contribution in [2.24, 2.45) is 40.6 Å². The minimum absolute atomic E-state index is 0.150. The maximum Gasteiger partial charge on any atom is 0.254 e. The number of para-hydroxylation sites is 1. The van der Waals surface area contributed by atoms with Crippen LogP contribution < -0.4 is 0 Å². The van der Waals surface area contributed by atoms with E-state index < -0.39 is 0 Å². The summed E-state index contributed by atoms with van der Waals surface area (Å²) in [5.74, 6) is 0.750. The Hall–Kier alpha value is -3.98. The summed E-state index contributed by atoms with van der Waals surface area (Å²) in [6.45, 7) is 0.543. The Balaban J connectivity index is 1.22. The van der Waals surface area contributed by atoms with Gasteiger partial charge in [-0.2, -0.15) is 15.4 Å². The van der Waals surface area contributed by atoms with Crippen LogP contribution in [0, 0.1) is 46.8 Å². The molecule has 166 valence electrons. The highest BCUT2D eigenvalue weighted by Gasteiger charge is 2.67. The Labute approximate surface area is 196 Å². The number of aromatic nitrogens is 1. The van der Waals surface area contributed by atoms with E-state index in [1.54, 1.807) is 6.21 Å². The maximum atomic E-state index is 13.2. The van der Waals surface area contributed by atoms with E-state index in [9.17, 15) is 14.9 Å². The van der Waals surface area contributed by atoms with Crippen LogP contribution in [0.1, 0.15) is 23.1 Å². The van der Waals surface area contributed by atoms with Crippen molar-refractivity contribution in [3.8, 4) is 6.07 Å². The molecule has 4 aliphatic carbocycles. The second kappa shape index (κ2) is 7.01. The van der Waals surface area contributed by atoms with Crippen LogP contribution in [0.3, 0.4) is 0 Å². The van der Waals surface area contributed by atoms with Gasteiger partial charge < -0.3 is 4.57 Å². The van der Waals surface area contributed by atoms with Crippen molar-refractivity contribution < 1.29 is 9.59 Å². The van der Waals surface area contributed by atoms with Crippen molar-refractivity contribution in [3.63, 3.8) is 0 Å². The molecular formula is C28H22N4O2. The van der Waals surface area contributed by atoms with Gasteiger partial charge in [-0.05, 0) is 47.8 Å². The molecule has 8 rings (SSSR count). The van der Waals surface area contributed by atoms with Crippen LogP contribution in [0.2, 0.25) is 0 Å². The number of allylic oxidation sites excluding steroid dienone is 2. The quantitative estimate of drug-likeness (QED) is 0.346. The predicted molar refractivity (Wildman–Crippen MR) is 126 cm³/mol. The first-order valence-corrected chi connectivity index (χ1v) is 11.8. The lowest BCUT2D eigenvalue weighted by atomic mass is 9.63. The fraction of sp³-hybridized carbons (Fsp3) is 0.286. The molecule has 6 nitrogen and oxygen atoms in total. The normalized spacial score (nSPS) is 30.7. The molecule has 2 bridgehead atoms. The molecule has 0 spiro atoms. The number of benzene rings is 2. The van der Waals surface area contributed by atoms with Crippen LogP contribution in [0.4, 0.5) is 0 Å². The molecule has 3 fully saturated rings. The van der Waals surface area contributed by atoms with Gasteiger partial charge in [-0.15, -0.1) is 0 Å². The molecule has 2 heterocycles. The third-order valence-corrected chi connectivity index (χ3v) is 8.25. The largest absolute Gasteiger partial charge is 0.342 e. The Morgan fingerprint density at radius 3 is 2.38 bits per heavy atom. The molecule has 0 radical (unpaired) electrons. The molecule has 2 saturated carbocycles. The van der Waals surface area contributed by atoms with Gasteiger partial charge in [-0.25, -0.2) is 0 Å². The zero-order chi connectivity index (χ0) is 23.0. The minimum Gasteiger partial charge on any atom is -0.342 e. The standard InChI is InChI=1S/C28H22N4O2/c29-12-16-5-1-2-6-17(16)14-31-15-18(19-7-3-4-8-24(19)31)13-30-32-27(33)25-20-9-10-21(23-11-22(20)23)26(25)28(32)34/h1-10,13,15,20-23,25-26H,11,14H2/b30-13-/t20-,21-,22-,23+,25+,26-/m1/s1. The van der Waals surface area contributed by atoms with E-state index >= 15 is 0 Å². The Morgan fingerprint density at radius 2 is 1.65 bits per heavy atom. The molecule has 5 aliphatic rings. The Bertz CT molecular complexity index is 1440. The molecule has 0 N–H and O–H groups in total. The Kier molecular flexibility index (Phi) is 4.02. The number of hydrazone groups is 1. The van der Waals surface area contributed by atoms with Crippen LogP contribution in [-0.4, -0.2) is 27.6 Å². The zero-order valence-corrected chi connectivity index (χ0v) is 18.4. The van der Waals surface area contributed by atoms with Crippen molar-refractivity contribution in [1.29, 1.82) is 5.26 Å². The summed E-state index contributed by atoms with van der Waals surface area (Å²) in [5, 5.41) is 16.0. The molecule has 6 heteroatoms. The number of imide groups is 1. The summed E-state index contributed by atoms with van der Waals surface area (Å²) in [6.07, 6.45) is 9.10. The van der Waals surface area contributed by atoms with Crippen molar-refractivity contribution in [3.05, 3.63) is 83.6 Å². The fourth-order valence-corrected chi connectivity index (χ4v) is 6.63. The van der Waals surface area contributed by atoms with Crippen molar-refractivity contribution >= 4 is 28.9 Å². The third kappa shape index (κ3) is 2.64. The number of rotatable bonds is 4. The van der Waals surface area contributed by atoms with Crippen LogP contribution in [0.25, 0.3) is 10.9 Å². The average Bonchev–Trinajstić information content (AvgIpc) is 3.58. The third-order valence-electron chi connectivity index (χ3n) is 8.25. The highest BCUT2D eigenvalue weighted by molar-refractivity contribution is 6.07. The fourth-order valence-electron chi connectivity index (χ4n) is 6.63. The summed E-state index contributed by atoms with van der Waals surface area (Å²) < 4.78 is 2.08. The number of hydrogen-bond acceptors (Lipinski definition) is 4. The van der Waals surface area contributed by atoms with Crippen molar-refractivity contribution in [2.45, 2.75) is 13.0 Å². The van der Waals surface area contributed by atoms with Crippen LogP contribution in [-0.2, 0) is 16.1 Å². The van der Waals surface area contributed by atoms with Gasteiger partial charge in [0.05, 0.1) is 29.7 Å². The lowest BCUT2D eigenvalue weighted by molar-refractivity contribution is -0.140. The van der Waals surface area contributed by atoms with E-state index in [2.05, 4.69) is 27.9 Å². The van der Waals surface area contributed by atoms with Gasteiger partial charge in [0.15, 0.2) is 0 Å². The van der Waals surface area contributed by atoms with E-state index in [1.807, 2.05) is 54.7 Å². The molecule has 34 heavy (non-hydrogen) atoms. The van der Waals surface area contributed by atoms with E-state index in [4.69, 9.17) is 0 Å². The molecule has 1 saturated heterocycles. The van der Waals surface area contributed by atoms with Gasteiger partial charge in [0.2, 0.25) is 0 Å². The summed E-state index contributed by atoms with van der Waals surface area (Å²) in [5.41, 5.74) is 3.42. The molecule has 3 aromatic rings. The topological polar surface area (TPSA) is 78.5 Å². The number of carbonyl (C=O) groups is 2. The number of nitriles is 1. The molecule has 1 aliphatic heterocycles. The SMILES string of the molecule is N#Cc1ccccc1Cn1cc(/C=N\N2C(=O)[C@@H]3[C@@H]4C=C[C@H]([C@H]5C[C@@H]45)[C@@H]3C2=O)c2ccccc21. The van der Waals surface area contributed by atoms with Crippen LogP contribution in [0.5, 0.6) is 0 Å². The number of carbonyl (C=O) groups excluding carboxylic acids is 2. The van der Waals surface area contributed by atoms with E-state index in [0.717, 1.165) is 33.5 Å². The van der Waals surface area contributed by atoms with Gasteiger partial charge in [0.25, 0.3) is 11.8 Å². The first kappa shape index (κ1) is 19.5. The molecule has 2 aromatic carbocycles. The number of amides is 2. The van der Waals surface area contributed by atoms with E-state index in [0.29, 0.717) is 23.9 Å². The highest BCUT2D eigenvalue weighted by atomic mass is 16.2. The second-order valence-corrected chi connectivity index (χ2v) is 9.89. The van der Waals surface area contributed by atoms with E-state index in [-0.39, 0.29) is 35.5 Å². The average molecular weight is 447 g/mol. The predicted octanol–water partition coefficient (Wildman–Crippen LogP) is 3.95. The zero-order valence-electron chi connectivity index (χ0n) is 18.4. The number of nitrogens with zero attached hydrogens (tertiary/aromatic N) is 4. The van der Waals surface area contributed by atoms with Crippen molar-refractivity contribution in [2.75, 3.05) is 0 Å². The molecule has 0 unspecified atom stereocenters. The first-order valence-electron chi connectivity index (χ1n) is 11.8. The summed E-state index contributed by atoms with van der Waals surface area (Å²) >= 11 is 0. The lowest BCUT2D eigenvalue weighted by Gasteiger charge is -2.37. The van der Waals surface area contributed by atoms with E-state index in [1.165, 1.54) is 0 Å². The van der Waals surface area contributed by atoms with Gasteiger partial charge >= 0.3 is 0 Å². The van der Waals surface area contributed by atoms with Gasteiger partial charge in [-0.3, -0.25) is 9.59 Å². The highest BCUT2D eigenvalue weighted by Crippen LogP contribution is 2.65. The number of hydrogen-bond donors (Lipinski definition) is 0. The van der Waals surface area contributed by atoms with Crippen LogP contribution in [0.15, 0.2) is 72.0 Å². The number of fused-ring (bicyclic) bond motifs is 1.